The summed E-state index contributed by atoms with van der Waals surface area (Å²) in [4.78, 5) is 11.8. The molecule has 1 aromatic rings. The third kappa shape index (κ3) is 6.78. The normalized spacial score (nSPS) is 13.6. The highest BCUT2D eigenvalue weighted by atomic mass is 35.5. The van der Waals surface area contributed by atoms with E-state index in [0.717, 1.165) is 18.4 Å². The molecule has 2 atom stereocenters. The van der Waals surface area contributed by atoms with Crippen molar-refractivity contribution < 1.29 is 9.90 Å². The van der Waals surface area contributed by atoms with E-state index in [-0.39, 0.29) is 24.7 Å². The molecule has 5 heteroatoms. The Morgan fingerprint density at radius 3 is 2.65 bits per heavy atom. The van der Waals surface area contributed by atoms with Gasteiger partial charge >= 0.3 is 6.03 Å². The van der Waals surface area contributed by atoms with Crippen molar-refractivity contribution in [2.45, 2.75) is 45.2 Å². The largest absolute Gasteiger partial charge is 0.396 e. The molecule has 1 rings (SSSR count). The van der Waals surface area contributed by atoms with Crippen molar-refractivity contribution in [3.05, 3.63) is 34.9 Å². The van der Waals surface area contributed by atoms with Crippen LogP contribution in [0.1, 0.15) is 32.3 Å². The number of amides is 2. The zero-order valence-electron chi connectivity index (χ0n) is 12.0. The van der Waals surface area contributed by atoms with Crippen LogP contribution in [-0.4, -0.2) is 29.8 Å². The molecule has 0 aromatic heterocycles. The van der Waals surface area contributed by atoms with Crippen molar-refractivity contribution in [2.24, 2.45) is 0 Å². The first-order valence-corrected chi connectivity index (χ1v) is 7.31. The zero-order valence-corrected chi connectivity index (χ0v) is 12.8. The number of aliphatic hydroxyl groups excluding tert-OH is 1. The molecule has 0 radical (unpaired) electrons. The van der Waals surface area contributed by atoms with Crippen LogP contribution in [0.4, 0.5) is 4.79 Å². The Balaban J connectivity index is 2.34. The van der Waals surface area contributed by atoms with Crippen LogP contribution in [0, 0.1) is 0 Å². The van der Waals surface area contributed by atoms with E-state index in [1.54, 1.807) is 0 Å². The highest BCUT2D eigenvalue weighted by Gasteiger charge is 2.10. The second kappa shape index (κ2) is 8.82. The molecule has 0 bridgehead atoms. The second-order valence-corrected chi connectivity index (χ2v) is 5.56. The maximum Gasteiger partial charge on any atom is 0.315 e. The zero-order chi connectivity index (χ0) is 15.0. The molecule has 0 unspecified atom stereocenters. The molecule has 4 nitrogen and oxygen atoms in total. The average molecular weight is 299 g/mol. The molecule has 0 spiro atoms. The molecule has 0 aliphatic heterocycles. The maximum absolute atomic E-state index is 11.8. The Hall–Kier alpha value is -1.26. The number of benzene rings is 1. The topological polar surface area (TPSA) is 61.4 Å². The quantitative estimate of drug-likeness (QED) is 0.725. The summed E-state index contributed by atoms with van der Waals surface area (Å²) in [5, 5.41) is 15.2. The van der Waals surface area contributed by atoms with E-state index >= 15 is 0 Å². The Bertz CT molecular complexity index is 426. The van der Waals surface area contributed by atoms with E-state index < -0.39 is 0 Å². The van der Waals surface area contributed by atoms with Crippen LogP contribution < -0.4 is 10.6 Å². The smallest absolute Gasteiger partial charge is 0.315 e. The van der Waals surface area contributed by atoms with Crippen molar-refractivity contribution in [1.29, 1.82) is 0 Å². The molecular formula is C15H23ClN2O2. The van der Waals surface area contributed by atoms with E-state index in [1.807, 2.05) is 38.1 Å². The first-order valence-electron chi connectivity index (χ1n) is 6.93. The molecular weight excluding hydrogens is 276 g/mol. The number of halogens is 1. The fourth-order valence-electron chi connectivity index (χ4n) is 2.03. The Morgan fingerprint density at radius 1 is 1.30 bits per heavy atom. The van der Waals surface area contributed by atoms with Gasteiger partial charge in [-0.2, -0.15) is 0 Å². The second-order valence-electron chi connectivity index (χ2n) is 5.12. The van der Waals surface area contributed by atoms with E-state index in [9.17, 15) is 4.79 Å². The summed E-state index contributed by atoms with van der Waals surface area (Å²) in [6.07, 6.45) is 2.20. The predicted molar refractivity (Wildman–Crippen MR) is 82.1 cm³/mol. The summed E-state index contributed by atoms with van der Waals surface area (Å²) >= 11 is 5.93. The first kappa shape index (κ1) is 16.8. The lowest BCUT2D eigenvalue weighted by atomic mass is 10.1. The fourth-order valence-corrected chi connectivity index (χ4v) is 2.24. The summed E-state index contributed by atoms with van der Waals surface area (Å²) < 4.78 is 0. The van der Waals surface area contributed by atoms with Crippen LogP contribution in [0.5, 0.6) is 0 Å². The molecule has 0 saturated carbocycles. The number of hydrogen-bond acceptors (Lipinski definition) is 2. The molecule has 2 amide bonds. The highest BCUT2D eigenvalue weighted by molar-refractivity contribution is 6.30. The van der Waals surface area contributed by atoms with E-state index in [0.29, 0.717) is 11.4 Å². The third-order valence-corrected chi connectivity index (χ3v) is 3.22. The summed E-state index contributed by atoms with van der Waals surface area (Å²) in [6, 6.07) is 7.54. The average Bonchev–Trinajstić information content (AvgIpc) is 2.35. The third-order valence-electron chi connectivity index (χ3n) is 2.98. The lowest BCUT2D eigenvalue weighted by Crippen LogP contribution is -2.45. The van der Waals surface area contributed by atoms with Crippen molar-refractivity contribution >= 4 is 17.6 Å². The van der Waals surface area contributed by atoms with Crippen molar-refractivity contribution in [2.75, 3.05) is 6.61 Å². The van der Waals surface area contributed by atoms with Crippen molar-refractivity contribution in [3.63, 3.8) is 0 Å². The van der Waals surface area contributed by atoms with E-state index in [2.05, 4.69) is 10.6 Å². The van der Waals surface area contributed by atoms with Crippen LogP contribution in [-0.2, 0) is 6.42 Å². The Morgan fingerprint density at radius 2 is 2.00 bits per heavy atom. The summed E-state index contributed by atoms with van der Waals surface area (Å²) in [5.41, 5.74) is 1.10. The van der Waals surface area contributed by atoms with Gasteiger partial charge in [-0.05, 0) is 50.8 Å². The van der Waals surface area contributed by atoms with E-state index in [1.165, 1.54) is 0 Å². The number of hydrogen-bond donors (Lipinski definition) is 3. The van der Waals surface area contributed by atoms with E-state index in [4.69, 9.17) is 16.7 Å². The minimum absolute atomic E-state index is 0.0264. The maximum atomic E-state index is 11.8. The SMILES string of the molecule is C[C@H](Cc1cccc(Cl)c1)NC(=O)N[C@@H](C)CCCO. The van der Waals surface area contributed by atoms with Crippen molar-refractivity contribution in [3.8, 4) is 0 Å². The van der Waals surface area contributed by atoms with Gasteiger partial charge in [0.05, 0.1) is 0 Å². The number of rotatable bonds is 7. The minimum Gasteiger partial charge on any atom is -0.396 e. The molecule has 0 fully saturated rings. The monoisotopic (exact) mass is 298 g/mol. The van der Waals surface area contributed by atoms with Gasteiger partial charge in [-0.3, -0.25) is 0 Å². The number of nitrogens with one attached hydrogen (secondary N) is 2. The lowest BCUT2D eigenvalue weighted by Gasteiger charge is -2.18. The Labute approximate surface area is 125 Å². The van der Waals surface area contributed by atoms with Crippen LogP contribution >= 0.6 is 11.6 Å². The number of carbonyl (C=O) groups excluding carboxylic acids is 1. The van der Waals surface area contributed by atoms with Crippen LogP contribution in [0.15, 0.2) is 24.3 Å². The van der Waals surface area contributed by atoms with Gasteiger partial charge in [-0.1, -0.05) is 23.7 Å². The summed E-state index contributed by atoms with van der Waals surface area (Å²) in [5.74, 6) is 0. The molecule has 0 heterocycles. The number of carbonyl (C=O) groups is 1. The molecule has 112 valence electrons. The lowest BCUT2D eigenvalue weighted by molar-refractivity contribution is 0.231. The standard InChI is InChI=1S/C15H23ClN2O2/c1-11(5-4-8-19)17-15(20)18-12(2)9-13-6-3-7-14(16)10-13/h3,6-7,10-12,19H,4-5,8-9H2,1-2H3,(H2,17,18,20)/t11-,12+/m0/s1. The Kier molecular flexibility index (Phi) is 7.41. The predicted octanol–water partition coefficient (Wildman–Crippen LogP) is 2.73. The molecule has 0 aliphatic rings. The fraction of sp³-hybridized carbons (Fsp3) is 0.533. The minimum atomic E-state index is -0.176. The van der Waals surface area contributed by atoms with Crippen LogP contribution in [0.25, 0.3) is 0 Å². The summed E-state index contributed by atoms with van der Waals surface area (Å²) in [7, 11) is 0. The van der Waals surface area contributed by atoms with Gasteiger partial charge in [-0.25, -0.2) is 4.79 Å². The van der Waals surface area contributed by atoms with Gasteiger partial charge in [0.15, 0.2) is 0 Å². The highest BCUT2D eigenvalue weighted by Crippen LogP contribution is 2.12. The van der Waals surface area contributed by atoms with Gasteiger partial charge in [0.2, 0.25) is 0 Å². The molecule has 20 heavy (non-hydrogen) atoms. The number of urea groups is 1. The number of aliphatic hydroxyl groups is 1. The van der Waals surface area contributed by atoms with Gasteiger partial charge < -0.3 is 15.7 Å². The molecule has 0 saturated heterocycles. The van der Waals surface area contributed by atoms with Gasteiger partial charge in [-0.15, -0.1) is 0 Å². The van der Waals surface area contributed by atoms with Crippen molar-refractivity contribution in [1.82, 2.24) is 10.6 Å². The van der Waals surface area contributed by atoms with Crippen LogP contribution in [0.2, 0.25) is 5.02 Å². The molecule has 3 N–H and O–H groups in total. The summed E-state index contributed by atoms with van der Waals surface area (Å²) in [6.45, 7) is 4.04. The molecule has 1 aromatic carbocycles. The first-order chi connectivity index (χ1) is 9.51. The van der Waals surface area contributed by atoms with Crippen LogP contribution in [0.3, 0.4) is 0 Å². The van der Waals surface area contributed by atoms with Gasteiger partial charge in [0.25, 0.3) is 0 Å². The molecule has 0 aliphatic carbocycles. The van der Waals surface area contributed by atoms with Gasteiger partial charge in [0.1, 0.15) is 0 Å². The van der Waals surface area contributed by atoms with Gasteiger partial charge in [0, 0.05) is 23.7 Å².